The van der Waals surface area contributed by atoms with E-state index in [9.17, 15) is 9.59 Å². The Bertz CT molecular complexity index is 408. The highest BCUT2D eigenvalue weighted by Crippen LogP contribution is 2.37. The van der Waals surface area contributed by atoms with E-state index in [2.05, 4.69) is 5.32 Å². The maximum atomic E-state index is 12.8. The third kappa shape index (κ3) is 2.32. The van der Waals surface area contributed by atoms with Crippen LogP contribution in [0.2, 0.25) is 0 Å². The second kappa shape index (κ2) is 5.35. The largest absolute Gasteiger partial charge is 0.381 e. The fraction of sp³-hybridized carbons (Fsp3) is 0.867. The summed E-state index contributed by atoms with van der Waals surface area (Å²) in [6.45, 7) is 1.98. The van der Waals surface area contributed by atoms with Gasteiger partial charge in [-0.05, 0) is 44.4 Å². The lowest BCUT2D eigenvalue weighted by Crippen LogP contribution is -2.65. The first-order chi connectivity index (χ1) is 9.65. The molecule has 1 saturated heterocycles. The highest BCUT2D eigenvalue weighted by atomic mass is 16.5. The van der Waals surface area contributed by atoms with Crippen molar-refractivity contribution in [2.45, 2.75) is 69.7 Å². The fourth-order valence-electron chi connectivity index (χ4n) is 3.70. The number of nitrogens with one attached hydrogen (secondary N) is 1. The summed E-state index contributed by atoms with van der Waals surface area (Å²) in [5.41, 5.74) is 0. The molecule has 4 unspecified atom stereocenters. The van der Waals surface area contributed by atoms with Gasteiger partial charge in [0.1, 0.15) is 12.1 Å². The molecule has 5 heteroatoms. The number of amides is 2. The highest BCUT2D eigenvalue weighted by molar-refractivity contribution is 5.97. The molecule has 2 aliphatic carbocycles. The van der Waals surface area contributed by atoms with Crippen molar-refractivity contribution in [3.8, 4) is 0 Å². The average Bonchev–Trinajstić information content (AvgIpc) is 3.18. The SMILES string of the molecule is CCC1C(=O)NC(C2CC2)C(=O)N1C1CCC(OC)C1. The number of nitrogens with zero attached hydrogens (tertiary/aromatic N) is 1. The lowest BCUT2D eigenvalue weighted by molar-refractivity contribution is -0.153. The summed E-state index contributed by atoms with van der Waals surface area (Å²) in [6, 6.07) is -0.394. The van der Waals surface area contributed by atoms with Gasteiger partial charge in [0, 0.05) is 13.2 Å². The Morgan fingerprint density at radius 3 is 2.55 bits per heavy atom. The predicted octanol–water partition coefficient (Wildman–Crippen LogP) is 1.07. The van der Waals surface area contributed by atoms with Crippen molar-refractivity contribution in [1.82, 2.24) is 10.2 Å². The molecule has 5 nitrogen and oxygen atoms in total. The van der Waals surface area contributed by atoms with Gasteiger partial charge in [0.25, 0.3) is 0 Å². The Morgan fingerprint density at radius 1 is 1.25 bits per heavy atom. The molecular formula is C15H24N2O3. The third-order valence-electron chi connectivity index (χ3n) is 5.02. The van der Waals surface area contributed by atoms with E-state index in [1.807, 2.05) is 11.8 Å². The molecule has 4 atom stereocenters. The summed E-state index contributed by atoms with van der Waals surface area (Å²) < 4.78 is 5.41. The van der Waals surface area contributed by atoms with Crippen molar-refractivity contribution in [2.24, 2.45) is 5.92 Å². The molecule has 1 N–H and O–H groups in total. The molecule has 0 aromatic heterocycles. The lowest BCUT2D eigenvalue weighted by atomic mass is 9.98. The van der Waals surface area contributed by atoms with Crippen molar-refractivity contribution < 1.29 is 14.3 Å². The lowest BCUT2D eigenvalue weighted by Gasteiger charge is -2.42. The Morgan fingerprint density at radius 2 is 2.00 bits per heavy atom. The fourth-order valence-corrected chi connectivity index (χ4v) is 3.70. The zero-order valence-corrected chi connectivity index (χ0v) is 12.3. The molecule has 112 valence electrons. The molecular weight excluding hydrogens is 256 g/mol. The van der Waals surface area contributed by atoms with Crippen LogP contribution in [0.5, 0.6) is 0 Å². The third-order valence-corrected chi connectivity index (χ3v) is 5.02. The van der Waals surface area contributed by atoms with E-state index in [0.29, 0.717) is 12.3 Å². The molecule has 3 rings (SSSR count). The van der Waals surface area contributed by atoms with E-state index >= 15 is 0 Å². The zero-order chi connectivity index (χ0) is 14.3. The molecule has 0 radical (unpaired) electrons. The average molecular weight is 280 g/mol. The van der Waals surface area contributed by atoms with Gasteiger partial charge in [0.2, 0.25) is 11.8 Å². The van der Waals surface area contributed by atoms with E-state index < -0.39 is 0 Å². The van der Waals surface area contributed by atoms with Crippen LogP contribution in [0.25, 0.3) is 0 Å². The summed E-state index contributed by atoms with van der Waals surface area (Å²) in [5, 5.41) is 2.95. The van der Waals surface area contributed by atoms with Crippen molar-refractivity contribution in [3.05, 3.63) is 0 Å². The molecule has 0 bridgehead atoms. The van der Waals surface area contributed by atoms with Gasteiger partial charge in [-0.15, -0.1) is 0 Å². The molecule has 2 saturated carbocycles. The normalized spacial score (nSPS) is 38.2. The monoisotopic (exact) mass is 280 g/mol. The summed E-state index contributed by atoms with van der Waals surface area (Å²) in [5.74, 6) is 0.539. The molecule has 0 aromatic carbocycles. The number of carbonyl (C=O) groups is 2. The van der Waals surface area contributed by atoms with Crippen LogP contribution < -0.4 is 5.32 Å². The molecule has 3 aliphatic rings. The minimum atomic E-state index is -0.293. The number of rotatable bonds is 4. The standard InChI is InChI=1S/C15H24N2O3/c1-3-12-14(18)16-13(9-4-5-9)15(19)17(12)10-6-7-11(8-10)20-2/h9-13H,3-8H2,1-2H3,(H,16,18). The van der Waals surface area contributed by atoms with Gasteiger partial charge in [-0.25, -0.2) is 0 Å². The first kappa shape index (κ1) is 13.9. The Hall–Kier alpha value is -1.10. The maximum absolute atomic E-state index is 12.8. The number of methoxy groups -OCH3 is 1. The summed E-state index contributed by atoms with van der Waals surface area (Å²) in [7, 11) is 1.72. The zero-order valence-electron chi connectivity index (χ0n) is 12.3. The van der Waals surface area contributed by atoms with E-state index in [4.69, 9.17) is 4.74 Å². The van der Waals surface area contributed by atoms with E-state index in [1.54, 1.807) is 7.11 Å². The van der Waals surface area contributed by atoms with Gasteiger partial charge < -0.3 is 15.0 Å². The molecule has 1 aliphatic heterocycles. The van der Waals surface area contributed by atoms with Gasteiger partial charge >= 0.3 is 0 Å². The van der Waals surface area contributed by atoms with Crippen LogP contribution in [0.1, 0.15) is 45.4 Å². The van der Waals surface area contributed by atoms with Crippen molar-refractivity contribution in [3.63, 3.8) is 0 Å². The maximum Gasteiger partial charge on any atom is 0.246 e. The Labute approximate surface area is 120 Å². The molecule has 0 aromatic rings. The summed E-state index contributed by atoms with van der Waals surface area (Å²) in [4.78, 5) is 27.0. The number of hydrogen-bond donors (Lipinski definition) is 1. The first-order valence-corrected chi connectivity index (χ1v) is 7.81. The van der Waals surface area contributed by atoms with Gasteiger partial charge in [-0.1, -0.05) is 6.92 Å². The van der Waals surface area contributed by atoms with Crippen LogP contribution in [0.15, 0.2) is 0 Å². The van der Waals surface area contributed by atoms with Crippen LogP contribution >= 0.6 is 0 Å². The van der Waals surface area contributed by atoms with Gasteiger partial charge in [0.15, 0.2) is 0 Å². The van der Waals surface area contributed by atoms with Crippen LogP contribution in [0, 0.1) is 5.92 Å². The van der Waals surface area contributed by atoms with Crippen LogP contribution in [-0.4, -0.2) is 48.1 Å². The molecule has 0 spiro atoms. The number of ether oxygens (including phenoxy) is 1. The van der Waals surface area contributed by atoms with Crippen molar-refractivity contribution >= 4 is 11.8 Å². The van der Waals surface area contributed by atoms with Crippen molar-refractivity contribution in [2.75, 3.05) is 7.11 Å². The highest BCUT2D eigenvalue weighted by Gasteiger charge is 2.49. The molecule has 2 amide bonds. The second-order valence-corrected chi connectivity index (χ2v) is 6.32. The molecule has 20 heavy (non-hydrogen) atoms. The Kier molecular flexibility index (Phi) is 3.71. The topological polar surface area (TPSA) is 58.6 Å². The van der Waals surface area contributed by atoms with Gasteiger partial charge in [0.05, 0.1) is 6.10 Å². The number of hydrogen-bond acceptors (Lipinski definition) is 3. The molecule has 1 heterocycles. The summed E-state index contributed by atoms with van der Waals surface area (Å²) >= 11 is 0. The van der Waals surface area contributed by atoms with E-state index in [0.717, 1.165) is 32.1 Å². The molecule has 3 fully saturated rings. The minimum absolute atomic E-state index is 0.0323. The van der Waals surface area contributed by atoms with Crippen LogP contribution in [-0.2, 0) is 14.3 Å². The number of piperazine rings is 1. The van der Waals surface area contributed by atoms with E-state index in [1.165, 1.54) is 0 Å². The van der Waals surface area contributed by atoms with Crippen LogP contribution in [0.4, 0.5) is 0 Å². The van der Waals surface area contributed by atoms with Gasteiger partial charge in [-0.3, -0.25) is 9.59 Å². The first-order valence-electron chi connectivity index (χ1n) is 7.81. The van der Waals surface area contributed by atoms with E-state index in [-0.39, 0.29) is 36.0 Å². The summed E-state index contributed by atoms with van der Waals surface area (Å²) in [6.07, 6.45) is 5.84. The minimum Gasteiger partial charge on any atom is -0.381 e. The smallest absolute Gasteiger partial charge is 0.246 e. The quantitative estimate of drug-likeness (QED) is 0.838. The van der Waals surface area contributed by atoms with Gasteiger partial charge in [-0.2, -0.15) is 0 Å². The number of carbonyl (C=O) groups excluding carboxylic acids is 2. The Balaban J connectivity index is 1.79. The van der Waals surface area contributed by atoms with Crippen LogP contribution in [0.3, 0.4) is 0 Å². The second-order valence-electron chi connectivity index (χ2n) is 6.32. The predicted molar refractivity (Wildman–Crippen MR) is 74.0 cm³/mol. The van der Waals surface area contributed by atoms with Crippen molar-refractivity contribution in [1.29, 1.82) is 0 Å².